The van der Waals surface area contributed by atoms with Crippen LogP contribution in [0.3, 0.4) is 0 Å². The third-order valence-electron chi connectivity index (χ3n) is 3.63. The van der Waals surface area contributed by atoms with E-state index in [1.807, 2.05) is 6.20 Å². The monoisotopic (exact) mass is 350 g/mol. The van der Waals surface area contributed by atoms with Crippen LogP contribution in [0.25, 0.3) is 0 Å². The van der Waals surface area contributed by atoms with Gasteiger partial charge in [-0.1, -0.05) is 0 Å². The molecule has 2 amide bonds. The summed E-state index contributed by atoms with van der Waals surface area (Å²) in [5.74, 6) is -2.35. The highest BCUT2D eigenvalue weighted by molar-refractivity contribution is 5.94. The minimum atomic E-state index is -0.912. The molecule has 0 aliphatic heterocycles. The number of nitrogens with one attached hydrogen (secondary N) is 1. The molecule has 0 radical (unpaired) electrons. The molecule has 1 aromatic carbocycles. The van der Waals surface area contributed by atoms with Gasteiger partial charge in [0.1, 0.15) is 11.6 Å². The molecule has 0 saturated carbocycles. The second-order valence-electron chi connectivity index (χ2n) is 5.76. The molecule has 0 aliphatic carbocycles. The summed E-state index contributed by atoms with van der Waals surface area (Å²) >= 11 is 0. The van der Waals surface area contributed by atoms with Crippen LogP contribution >= 0.6 is 0 Å². The van der Waals surface area contributed by atoms with Crippen LogP contribution in [0, 0.1) is 11.6 Å². The molecular formula is C17H20F2N4O2. The lowest BCUT2D eigenvalue weighted by Gasteiger charge is -2.16. The van der Waals surface area contributed by atoms with Crippen molar-refractivity contribution in [1.29, 1.82) is 0 Å². The van der Waals surface area contributed by atoms with Gasteiger partial charge < -0.3 is 10.2 Å². The first-order valence-corrected chi connectivity index (χ1v) is 7.81. The molecule has 8 heteroatoms. The number of aromatic nitrogens is 2. The van der Waals surface area contributed by atoms with Crippen LogP contribution < -0.4 is 5.32 Å². The van der Waals surface area contributed by atoms with E-state index in [9.17, 15) is 18.4 Å². The molecule has 134 valence electrons. The summed E-state index contributed by atoms with van der Waals surface area (Å²) in [6.07, 6.45) is 4.20. The van der Waals surface area contributed by atoms with Crippen molar-refractivity contribution in [3.05, 3.63) is 53.4 Å². The number of rotatable bonds is 7. The van der Waals surface area contributed by atoms with Gasteiger partial charge in [0.15, 0.2) is 0 Å². The van der Waals surface area contributed by atoms with E-state index in [0.717, 1.165) is 17.7 Å². The number of hydrogen-bond donors (Lipinski definition) is 1. The Bertz CT molecular complexity index is 761. The molecule has 1 N–H and O–H groups in total. The van der Waals surface area contributed by atoms with Gasteiger partial charge in [0.2, 0.25) is 5.91 Å². The lowest BCUT2D eigenvalue weighted by Crippen LogP contribution is -2.29. The number of hydrogen-bond acceptors (Lipinski definition) is 3. The summed E-state index contributed by atoms with van der Waals surface area (Å²) in [7, 11) is 3.50. The largest absolute Gasteiger partial charge is 0.352 e. The molecule has 0 atom stereocenters. The van der Waals surface area contributed by atoms with E-state index in [-0.39, 0.29) is 24.4 Å². The van der Waals surface area contributed by atoms with E-state index in [4.69, 9.17) is 0 Å². The molecule has 0 unspecified atom stereocenters. The van der Waals surface area contributed by atoms with Crippen molar-refractivity contribution in [2.75, 3.05) is 13.6 Å². The molecule has 2 aromatic rings. The topological polar surface area (TPSA) is 67.2 Å². The SMILES string of the molecule is CN(Cc1cnn(C)c1)C(=O)CCCNC(=O)c1ccc(F)cc1F. The molecule has 1 aromatic heterocycles. The summed E-state index contributed by atoms with van der Waals surface area (Å²) < 4.78 is 28.0. The third kappa shape index (κ3) is 5.37. The van der Waals surface area contributed by atoms with Crippen molar-refractivity contribution in [3.8, 4) is 0 Å². The zero-order valence-corrected chi connectivity index (χ0v) is 14.1. The molecule has 2 rings (SSSR count). The number of nitrogens with zero attached hydrogens (tertiary/aromatic N) is 3. The van der Waals surface area contributed by atoms with Crippen LogP contribution in [0.15, 0.2) is 30.6 Å². The van der Waals surface area contributed by atoms with Crippen LogP contribution in [0.5, 0.6) is 0 Å². The van der Waals surface area contributed by atoms with Crippen molar-refractivity contribution >= 4 is 11.8 Å². The first-order chi connectivity index (χ1) is 11.9. The Morgan fingerprint density at radius 2 is 2.08 bits per heavy atom. The molecule has 0 fully saturated rings. The third-order valence-corrected chi connectivity index (χ3v) is 3.63. The maximum Gasteiger partial charge on any atom is 0.254 e. The number of amides is 2. The Labute approximate surface area is 144 Å². The quantitative estimate of drug-likeness (QED) is 0.775. The average Bonchev–Trinajstić information content (AvgIpc) is 2.96. The van der Waals surface area contributed by atoms with E-state index >= 15 is 0 Å². The number of carbonyl (C=O) groups is 2. The number of carbonyl (C=O) groups excluding carboxylic acids is 2. The molecule has 25 heavy (non-hydrogen) atoms. The minimum Gasteiger partial charge on any atom is -0.352 e. The predicted octanol–water partition coefficient (Wildman–Crippen LogP) is 1.87. The number of halogens is 2. The van der Waals surface area contributed by atoms with Gasteiger partial charge in [-0.3, -0.25) is 14.3 Å². The standard InChI is InChI=1S/C17H20F2N4O2/c1-22(10-12-9-21-23(2)11-12)16(24)4-3-7-20-17(25)14-6-5-13(18)8-15(14)19/h5-6,8-9,11H,3-4,7,10H2,1-2H3,(H,20,25). The van der Waals surface area contributed by atoms with Crippen molar-refractivity contribution in [1.82, 2.24) is 20.0 Å². The van der Waals surface area contributed by atoms with Crippen LogP contribution in [-0.4, -0.2) is 40.1 Å². The summed E-state index contributed by atoms with van der Waals surface area (Å²) in [6, 6.07) is 2.77. The lowest BCUT2D eigenvalue weighted by molar-refractivity contribution is -0.130. The van der Waals surface area contributed by atoms with Gasteiger partial charge in [0, 0.05) is 51.4 Å². The molecule has 6 nitrogen and oxygen atoms in total. The van der Waals surface area contributed by atoms with Gasteiger partial charge in [-0.25, -0.2) is 8.78 Å². The minimum absolute atomic E-state index is 0.0638. The van der Waals surface area contributed by atoms with Crippen LogP contribution in [0.2, 0.25) is 0 Å². The van der Waals surface area contributed by atoms with Crippen molar-refractivity contribution in [2.45, 2.75) is 19.4 Å². The smallest absolute Gasteiger partial charge is 0.254 e. The van der Waals surface area contributed by atoms with E-state index in [1.165, 1.54) is 0 Å². The van der Waals surface area contributed by atoms with Crippen LogP contribution in [0.1, 0.15) is 28.8 Å². The molecule has 0 bridgehead atoms. The molecule has 0 aliphatic rings. The average molecular weight is 350 g/mol. The Balaban J connectivity index is 1.72. The number of benzene rings is 1. The lowest BCUT2D eigenvalue weighted by atomic mass is 10.2. The Kier molecular flexibility index (Phi) is 6.21. The maximum atomic E-state index is 13.5. The molecular weight excluding hydrogens is 330 g/mol. The van der Waals surface area contributed by atoms with E-state index < -0.39 is 17.5 Å². The summed E-state index contributed by atoms with van der Waals surface area (Å²) in [5, 5.41) is 6.56. The van der Waals surface area contributed by atoms with E-state index in [2.05, 4.69) is 10.4 Å². The van der Waals surface area contributed by atoms with Gasteiger partial charge in [-0.2, -0.15) is 5.10 Å². The van der Waals surface area contributed by atoms with Gasteiger partial charge >= 0.3 is 0 Å². The van der Waals surface area contributed by atoms with Crippen LogP contribution in [-0.2, 0) is 18.4 Å². The molecule has 1 heterocycles. The highest BCUT2D eigenvalue weighted by atomic mass is 19.1. The fourth-order valence-electron chi connectivity index (χ4n) is 2.32. The highest BCUT2D eigenvalue weighted by Gasteiger charge is 2.13. The Morgan fingerprint density at radius 1 is 1.32 bits per heavy atom. The van der Waals surface area contributed by atoms with Gasteiger partial charge in [-0.15, -0.1) is 0 Å². The molecule has 0 spiro atoms. The number of aryl methyl sites for hydroxylation is 1. The van der Waals surface area contributed by atoms with E-state index in [0.29, 0.717) is 19.0 Å². The van der Waals surface area contributed by atoms with Crippen molar-refractivity contribution < 1.29 is 18.4 Å². The van der Waals surface area contributed by atoms with Gasteiger partial charge in [0.05, 0.1) is 11.8 Å². The second kappa shape index (κ2) is 8.36. The van der Waals surface area contributed by atoms with Crippen LogP contribution in [0.4, 0.5) is 8.78 Å². The zero-order valence-electron chi connectivity index (χ0n) is 14.1. The fourth-order valence-corrected chi connectivity index (χ4v) is 2.32. The van der Waals surface area contributed by atoms with E-state index in [1.54, 1.807) is 29.9 Å². The van der Waals surface area contributed by atoms with Crippen molar-refractivity contribution in [3.63, 3.8) is 0 Å². The Hall–Kier alpha value is -2.77. The fraction of sp³-hybridized carbons (Fsp3) is 0.353. The first kappa shape index (κ1) is 18.6. The first-order valence-electron chi connectivity index (χ1n) is 7.81. The molecule has 0 saturated heterocycles. The predicted molar refractivity (Wildman–Crippen MR) is 87.6 cm³/mol. The van der Waals surface area contributed by atoms with Gasteiger partial charge in [-0.05, 0) is 18.6 Å². The summed E-state index contributed by atoms with van der Waals surface area (Å²) in [6.45, 7) is 0.682. The van der Waals surface area contributed by atoms with Crippen molar-refractivity contribution in [2.24, 2.45) is 7.05 Å². The zero-order chi connectivity index (χ0) is 18.4. The maximum absolute atomic E-state index is 13.5. The summed E-state index contributed by atoms with van der Waals surface area (Å²) in [4.78, 5) is 25.4. The second-order valence-corrected chi connectivity index (χ2v) is 5.76. The van der Waals surface area contributed by atoms with Gasteiger partial charge in [0.25, 0.3) is 5.91 Å². The normalized spacial score (nSPS) is 10.6. The Morgan fingerprint density at radius 3 is 2.72 bits per heavy atom. The summed E-state index contributed by atoms with van der Waals surface area (Å²) in [5.41, 5.74) is 0.708. The highest BCUT2D eigenvalue weighted by Crippen LogP contribution is 2.09.